The second kappa shape index (κ2) is 16.6. The number of aromatic hydroxyl groups is 2. The van der Waals surface area contributed by atoms with E-state index >= 15 is 0 Å². The first kappa shape index (κ1) is 24.7. The molecule has 0 fully saturated rings. The maximum absolute atomic E-state index is 11.5. The van der Waals surface area contributed by atoms with Crippen LogP contribution in [0.3, 0.4) is 0 Å². The van der Waals surface area contributed by atoms with Crippen molar-refractivity contribution in [2.45, 2.75) is 84.0 Å². The Morgan fingerprint density at radius 1 is 0.862 bits per heavy atom. The van der Waals surface area contributed by atoms with Crippen molar-refractivity contribution in [1.82, 2.24) is 4.73 Å². The molecule has 1 aromatic heterocycles. The highest BCUT2D eigenvalue weighted by atomic mass is 16.8. The molecular weight excluding hydrogens is 370 g/mol. The van der Waals surface area contributed by atoms with Gasteiger partial charge >= 0.3 is 6.16 Å². The summed E-state index contributed by atoms with van der Waals surface area (Å²) in [6, 6.07) is 2.43. The number of hydrogen-bond donors (Lipinski definition) is 2. The van der Waals surface area contributed by atoms with Crippen molar-refractivity contribution in [1.29, 1.82) is 0 Å². The number of carbonyl (C=O) groups is 1. The molecular formula is C23H37NO5. The number of hydrogen-bond acceptors (Lipinski definition) is 5. The highest BCUT2D eigenvalue weighted by molar-refractivity contribution is 5.60. The van der Waals surface area contributed by atoms with Crippen molar-refractivity contribution in [2.75, 3.05) is 6.61 Å². The second-order valence-electron chi connectivity index (χ2n) is 7.12. The SMILES string of the molecule is CCCCCC=CCC=CCCCCCCCCOC(=O)On1c(O)ccc1O. The molecule has 0 radical (unpaired) electrons. The zero-order chi connectivity index (χ0) is 21.2. The van der Waals surface area contributed by atoms with Crippen molar-refractivity contribution in [3.8, 4) is 11.8 Å². The molecule has 2 N–H and O–H groups in total. The van der Waals surface area contributed by atoms with Crippen LogP contribution in [0.5, 0.6) is 11.8 Å². The molecule has 0 atom stereocenters. The largest absolute Gasteiger partial charge is 0.533 e. The van der Waals surface area contributed by atoms with E-state index < -0.39 is 6.16 Å². The molecule has 0 aromatic carbocycles. The van der Waals surface area contributed by atoms with E-state index in [1.807, 2.05) is 0 Å². The maximum Gasteiger partial charge on any atom is 0.533 e. The number of allylic oxidation sites excluding steroid dienone is 4. The van der Waals surface area contributed by atoms with E-state index in [0.29, 0.717) is 4.73 Å². The van der Waals surface area contributed by atoms with E-state index in [4.69, 9.17) is 4.74 Å². The fraction of sp³-hybridized carbons (Fsp3) is 0.609. The predicted molar refractivity (Wildman–Crippen MR) is 115 cm³/mol. The Kier molecular flexibility index (Phi) is 14.1. The van der Waals surface area contributed by atoms with E-state index in [1.54, 1.807) is 0 Å². The molecule has 1 aromatic rings. The van der Waals surface area contributed by atoms with Crippen LogP contribution in [0.2, 0.25) is 0 Å². The molecule has 0 amide bonds. The Bertz CT molecular complexity index is 587. The van der Waals surface area contributed by atoms with Gasteiger partial charge in [-0.25, -0.2) is 4.79 Å². The molecule has 29 heavy (non-hydrogen) atoms. The van der Waals surface area contributed by atoms with Crippen molar-refractivity contribution >= 4 is 6.16 Å². The van der Waals surface area contributed by atoms with Gasteiger partial charge in [0.05, 0.1) is 6.61 Å². The highest BCUT2D eigenvalue weighted by Crippen LogP contribution is 2.18. The lowest BCUT2D eigenvalue weighted by molar-refractivity contribution is 0.0346. The summed E-state index contributed by atoms with van der Waals surface area (Å²) < 4.78 is 5.54. The Labute approximate surface area is 174 Å². The van der Waals surface area contributed by atoms with Crippen molar-refractivity contribution in [3.63, 3.8) is 0 Å². The van der Waals surface area contributed by atoms with Gasteiger partial charge in [0.1, 0.15) is 0 Å². The van der Waals surface area contributed by atoms with Gasteiger partial charge in [-0.05, 0) is 38.5 Å². The van der Waals surface area contributed by atoms with Crippen LogP contribution in [0.25, 0.3) is 0 Å². The van der Waals surface area contributed by atoms with E-state index in [-0.39, 0.29) is 18.4 Å². The fourth-order valence-electron chi connectivity index (χ4n) is 2.84. The summed E-state index contributed by atoms with van der Waals surface area (Å²) in [5, 5.41) is 18.7. The van der Waals surface area contributed by atoms with Gasteiger partial charge in [-0.3, -0.25) is 4.84 Å². The zero-order valence-corrected chi connectivity index (χ0v) is 17.7. The van der Waals surface area contributed by atoms with E-state index in [9.17, 15) is 15.0 Å². The predicted octanol–water partition coefficient (Wildman–Crippen LogP) is 6.28. The lowest BCUT2D eigenvalue weighted by atomic mass is 10.1. The number of carbonyl (C=O) groups excluding carboxylic acids is 1. The first-order chi connectivity index (χ1) is 14.1. The third-order valence-electron chi connectivity index (χ3n) is 4.53. The summed E-state index contributed by atoms with van der Waals surface area (Å²) in [6.45, 7) is 2.49. The molecule has 0 aliphatic carbocycles. The summed E-state index contributed by atoms with van der Waals surface area (Å²) in [5.41, 5.74) is 0. The van der Waals surface area contributed by atoms with Gasteiger partial charge in [0.25, 0.3) is 0 Å². The molecule has 1 rings (SSSR count). The van der Waals surface area contributed by atoms with Crippen LogP contribution in [0.15, 0.2) is 36.4 Å². The molecule has 0 aliphatic heterocycles. The summed E-state index contributed by atoms with van der Waals surface area (Å²) in [4.78, 5) is 16.2. The molecule has 0 saturated carbocycles. The number of unbranched alkanes of at least 4 members (excludes halogenated alkanes) is 9. The minimum Gasteiger partial charge on any atom is -0.492 e. The standard InChI is InChI=1S/C23H37NO5/c1-2-3-4-5-6-7-8-9-10-11-12-13-14-15-16-17-20-28-23(27)29-24-21(25)18-19-22(24)26/h6-7,9-10,18-19,25-26H,2-5,8,11-17,20H2,1H3. The van der Waals surface area contributed by atoms with Gasteiger partial charge < -0.3 is 14.9 Å². The molecule has 0 spiro atoms. The smallest absolute Gasteiger partial charge is 0.492 e. The topological polar surface area (TPSA) is 80.9 Å². The van der Waals surface area contributed by atoms with Gasteiger partial charge in [-0.2, -0.15) is 0 Å². The van der Waals surface area contributed by atoms with Gasteiger partial charge in [0, 0.05) is 12.1 Å². The molecule has 1 heterocycles. The number of ether oxygens (including phenoxy) is 1. The molecule has 0 bridgehead atoms. The number of rotatable bonds is 16. The Balaban J connectivity index is 1.87. The average molecular weight is 408 g/mol. The van der Waals surface area contributed by atoms with Gasteiger partial charge in [0.15, 0.2) is 0 Å². The minimum atomic E-state index is -0.950. The van der Waals surface area contributed by atoms with Crippen molar-refractivity contribution in [2.24, 2.45) is 0 Å². The lowest BCUT2D eigenvalue weighted by Crippen LogP contribution is -2.20. The number of nitrogens with zero attached hydrogens (tertiary/aromatic N) is 1. The van der Waals surface area contributed by atoms with Crippen LogP contribution in [0, 0.1) is 0 Å². The van der Waals surface area contributed by atoms with Crippen LogP contribution in [-0.4, -0.2) is 27.7 Å². The van der Waals surface area contributed by atoms with Gasteiger partial charge in [-0.15, -0.1) is 4.73 Å². The maximum atomic E-state index is 11.5. The molecule has 6 nitrogen and oxygen atoms in total. The fourth-order valence-corrected chi connectivity index (χ4v) is 2.84. The summed E-state index contributed by atoms with van der Waals surface area (Å²) >= 11 is 0. The Hall–Kier alpha value is -2.37. The molecule has 0 saturated heterocycles. The average Bonchev–Trinajstić information content (AvgIpc) is 3.02. The second-order valence-corrected chi connectivity index (χ2v) is 7.12. The molecule has 6 heteroatoms. The van der Waals surface area contributed by atoms with Crippen molar-refractivity contribution in [3.05, 3.63) is 36.4 Å². The lowest BCUT2D eigenvalue weighted by Gasteiger charge is -2.07. The highest BCUT2D eigenvalue weighted by Gasteiger charge is 2.12. The monoisotopic (exact) mass is 407 g/mol. The van der Waals surface area contributed by atoms with E-state index in [2.05, 4.69) is 36.1 Å². The quantitative estimate of drug-likeness (QED) is 0.191. The minimum absolute atomic E-state index is 0.260. The van der Waals surface area contributed by atoms with Gasteiger partial charge in [-0.1, -0.05) is 69.8 Å². The molecule has 0 aliphatic rings. The Morgan fingerprint density at radius 3 is 2.03 bits per heavy atom. The normalized spacial score (nSPS) is 11.5. The van der Waals surface area contributed by atoms with Crippen LogP contribution < -0.4 is 4.84 Å². The van der Waals surface area contributed by atoms with Crippen LogP contribution in [0.1, 0.15) is 84.0 Å². The zero-order valence-electron chi connectivity index (χ0n) is 17.7. The van der Waals surface area contributed by atoms with Crippen LogP contribution in [-0.2, 0) is 4.74 Å². The van der Waals surface area contributed by atoms with E-state index in [1.165, 1.54) is 57.1 Å². The summed E-state index contributed by atoms with van der Waals surface area (Å²) in [6.07, 6.45) is 21.9. The van der Waals surface area contributed by atoms with Crippen molar-refractivity contribution < 1.29 is 24.6 Å². The molecule has 164 valence electrons. The van der Waals surface area contributed by atoms with Crippen LogP contribution >= 0.6 is 0 Å². The third-order valence-corrected chi connectivity index (χ3v) is 4.53. The van der Waals surface area contributed by atoms with E-state index in [0.717, 1.165) is 32.1 Å². The third kappa shape index (κ3) is 12.7. The van der Waals surface area contributed by atoms with Gasteiger partial charge in [0.2, 0.25) is 11.8 Å². The summed E-state index contributed by atoms with van der Waals surface area (Å²) in [7, 11) is 0. The summed E-state index contributed by atoms with van der Waals surface area (Å²) in [5.74, 6) is -0.735. The Morgan fingerprint density at radius 2 is 1.41 bits per heavy atom. The van der Waals surface area contributed by atoms with Crippen LogP contribution in [0.4, 0.5) is 4.79 Å². The first-order valence-electron chi connectivity index (χ1n) is 10.9. The first-order valence-corrected chi connectivity index (χ1v) is 10.9. The molecule has 0 unspecified atom stereocenters. The number of aromatic nitrogens is 1.